The molecule has 0 saturated carbocycles. The quantitative estimate of drug-likeness (QED) is 0.533. The third-order valence-corrected chi connectivity index (χ3v) is 7.40. The number of rotatable bonds is 10. The maximum Gasteiger partial charge on any atom is 0.274 e. The lowest BCUT2D eigenvalue weighted by atomic mass is 10.1. The molecule has 2 aliphatic rings. The molecule has 1 aromatic heterocycles. The first kappa shape index (κ1) is 26.9. The minimum absolute atomic E-state index is 0.0501. The molecule has 1 N–H and O–H groups in total. The van der Waals surface area contributed by atoms with Crippen LogP contribution in [0.2, 0.25) is 0 Å². The Morgan fingerprint density at radius 3 is 2.59 bits per heavy atom. The zero-order chi connectivity index (χ0) is 26.2. The summed E-state index contributed by atoms with van der Waals surface area (Å²) in [5.74, 6) is -0.406. The fourth-order valence-electron chi connectivity index (χ4n) is 5.11. The largest absolute Gasteiger partial charge is 0.355 e. The van der Waals surface area contributed by atoms with Gasteiger partial charge in [-0.3, -0.25) is 19.1 Å². The number of carbonyl (C=O) groups is 3. The number of nitrogens with one attached hydrogen (secondary N) is 1. The SMILES string of the molecule is CCN(CCC(=O)NCCN1CCCCC1)C(=O)c1cc2n(n1)CCCN(Cc1ccccc1C)C2=O. The van der Waals surface area contributed by atoms with Crippen LogP contribution in [-0.2, 0) is 17.9 Å². The molecule has 3 heterocycles. The number of amides is 3. The van der Waals surface area contributed by atoms with E-state index in [9.17, 15) is 14.4 Å². The minimum atomic E-state index is -0.248. The monoisotopic (exact) mass is 508 g/mol. The van der Waals surface area contributed by atoms with Crippen LogP contribution in [0.5, 0.6) is 0 Å². The number of fused-ring (bicyclic) bond motifs is 1. The summed E-state index contributed by atoms with van der Waals surface area (Å²) in [6, 6.07) is 9.69. The van der Waals surface area contributed by atoms with Gasteiger partial charge in [-0.15, -0.1) is 0 Å². The van der Waals surface area contributed by atoms with Gasteiger partial charge in [-0.05, 0) is 57.3 Å². The van der Waals surface area contributed by atoms with E-state index in [4.69, 9.17) is 0 Å². The molecular formula is C28H40N6O3. The van der Waals surface area contributed by atoms with Crippen LogP contribution in [0.4, 0.5) is 0 Å². The molecule has 1 aromatic carbocycles. The Morgan fingerprint density at radius 1 is 1.05 bits per heavy atom. The van der Waals surface area contributed by atoms with Crippen molar-refractivity contribution in [2.45, 2.75) is 59.0 Å². The first-order valence-corrected chi connectivity index (χ1v) is 13.7. The maximum atomic E-state index is 13.3. The fraction of sp³-hybridized carbons (Fsp3) is 0.571. The molecule has 200 valence electrons. The van der Waals surface area contributed by atoms with E-state index in [-0.39, 0.29) is 29.8 Å². The molecule has 1 saturated heterocycles. The topological polar surface area (TPSA) is 90.8 Å². The number of aromatic nitrogens is 2. The van der Waals surface area contributed by atoms with E-state index in [1.165, 1.54) is 19.3 Å². The Hall–Kier alpha value is -3.20. The number of piperidine rings is 1. The van der Waals surface area contributed by atoms with Gasteiger partial charge in [0.2, 0.25) is 5.91 Å². The first-order chi connectivity index (χ1) is 18.0. The van der Waals surface area contributed by atoms with E-state index in [0.717, 1.165) is 37.2 Å². The molecule has 3 amide bonds. The van der Waals surface area contributed by atoms with Crippen LogP contribution in [0, 0.1) is 6.92 Å². The van der Waals surface area contributed by atoms with Gasteiger partial charge in [0.05, 0.1) is 0 Å². The van der Waals surface area contributed by atoms with Crippen LogP contribution >= 0.6 is 0 Å². The lowest BCUT2D eigenvalue weighted by Gasteiger charge is -2.26. The van der Waals surface area contributed by atoms with Crippen molar-refractivity contribution in [3.63, 3.8) is 0 Å². The van der Waals surface area contributed by atoms with E-state index in [2.05, 4.69) is 15.3 Å². The van der Waals surface area contributed by atoms with Gasteiger partial charge in [0.15, 0.2) is 5.69 Å². The highest BCUT2D eigenvalue weighted by atomic mass is 16.2. The van der Waals surface area contributed by atoms with Gasteiger partial charge in [-0.25, -0.2) is 0 Å². The Bertz CT molecular complexity index is 1090. The average Bonchev–Trinajstić information content (AvgIpc) is 3.28. The van der Waals surface area contributed by atoms with E-state index in [1.807, 2.05) is 43.0 Å². The zero-order valence-corrected chi connectivity index (χ0v) is 22.2. The standard InChI is InChI=1S/C28H40N6O3/c1-3-32(18-12-26(35)29-13-19-31-14-7-4-8-15-31)27(36)24-20-25-28(37)33(16-9-17-34(25)30-24)21-23-11-6-5-10-22(23)2/h5-6,10-11,20H,3-4,7-9,12-19,21H2,1-2H3,(H,29,35). The number of aryl methyl sites for hydroxylation is 2. The molecule has 9 heteroatoms. The van der Waals surface area contributed by atoms with Crippen molar-refractivity contribution >= 4 is 17.7 Å². The van der Waals surface area contributed by atoms with Crippen molar-refractivity contribution in [1.29, 1.82) is 0 Å². The highest BCUT2D eigenvalue weighted by Gasteiger charge is 2.28. The van der Waals surface area contributed by atoms with E-state index in [0.29, 0.717) is 45.0 Å². The third-order valence-electron chi connectivity index (χ3n) is 7.40. The summed E-state index contributed by atoms with van der Waals surface area (Å²) in [6.07, 6.45) is 4.78. The molecule has 9 nitrogen and oxygen atoms in total. The summed E-state index contributed by atoms with van der Waals surface area (Å²) in [6.45, 7) is 10.2. The summed E-state index contributed by atoms with van der Waals surface area (Å²) < 4.78 is 1.66. The second-order valence-corrected chi connectivity index (χ2v) is 10.0. The lowest BCUT2D eigenvalue weighted by molar-refractivity contribution is -0.121. The number of hydrogen-bond acceptors (Lipinski definition) is 5. The molecule has 37 heavy (non-hydrogen) atoms. The number of hydrogen-bond donors (Lipinski definition) is 1. The van der Waals surface area contributed by atoms with Crippen molar-refractivity contribution in [2.75, 3.05) is 45.8 Å². The van der Waals surface area contributed by atoms with Crippen LogP contribution in [0.3, 0.4) is 0 Å². The van der Waals surface area contributed by atoms with Crippen molar-refractivity contribution in [3.8, 4) is 0 Å². The third kappa shape index (κ3) is 6.97. The van der Waals surface area contributed by atoms with E-state index >= 15 is 0 Å². The van der Waals surface area contributed by atoms with Crippen molar-refractivity contribution in [1.82, 2.24) is 29.8 Å². The number of likely N-dealkylation sites (tertiary alicyclic amines) is 1. The minimum Gasteiger partial charge on any atom is -0.355 e. The van der Waals surface area contributed by atoms with Crippen LogP contribution in [0.1, 0.15) is 71.1 Å². The molecule has 1 fully saturated rings. The molecule has 0 radical (unpaired) electrons. The fourth-order valence-corrected chi connectivity index (χ4v) is 5.11. The van der Waals surface area contributed by atoms with Gasteiger partial charge in [0.1, 0.15) is 5.69 Å². The zero-order valence-electron chi connectivity index (χ0n) is 22.2. The molecule has 0 spiro atoms. The van der Waals surface area contributed by atoms with Gasteiger partial charge in [0.25, 0.3) is 11.8 Å². The normalized spacial score (nSPS) is 16.3. The van der Waals surface area contributed by atoms with Crippen molar-refractivity contribution in [3.05, 3.63) is 52.8 Å². The average molecular weight is 509 g/mol. The summed E-state index contributed by atoms with van der Waals surface area (Å²) >= 11 is 0. The van der Waals surface area contributed by atoms with E-state index in [1.54, 1.807) is 15.6 Å². The van der Waals surface area contributed by atoms with Gasteiger partial charge < -0.3 is 20.0 Å². The molecule has 0 aliphatic carbocycles. The molecule has 2 aromatic rings. The summed E-state index contributed by atoms with van der Waals surface area (Å²) in [5, 5.41) is 7.47. The van der Waals surface area contributed by atoms with Crippen LogP contribution in [0.25, 0.3) is 0 Å². The Labute approximate surface area is 219 Å². The molecule has 0 unspecified atom stereocenters. The predicted octanol–water partition coefficient (Wildman–Crippen LogP) is 2.69. The molecule has 0 atom stereocenters. The second kappa shape index (κ2) is 12.9. The van der Waals surface area contributed by atoms with Crippen LogP contribution < -0.4 is 5.32 Å². The Kier molecular flexibility index (Phi) is 9.33. The number of carbonyl (C=O) groups excluding carboxylic acids is 3. The van der Waals surface area contributed by atoms with Crippen LogP contribution in [0.15, 0.2) is 30.3 Å². The predicted molar refractivity (Wildman–Crippen MR) is 142 cm³/mol. The number of nitrogens with zero attached hydrogens (tertiary/aromatic N) is 5. The highest BCUT2D eigenvalue weighted by molar-refractivity contribution is 5.98. The van der Waals surface area contributed by atoms with Crippen molar-refractivity contribution in [2.24, 2.45) is 0 Å². The first-order valence-electron chi connectivity index (χ1n) is 13.7. The van der Waals surface area contributed by atoms with Gasteiger partial charge in [-0.1, -0.05) is 30.7 Å². The van der Waals surface area contributed by atoms with Crippen molar-refractivity contribution < 1.29 is 14.4 Å². The highest BCUT2D eigenvalue weighted by Crippen LogP contribution is 2.19. The summed E-state index contributed by atoms with van der Waals surface area (Å²) in [7, 11) is 0. The summed E-state index contributed by atoms with van der Waals surface area (Å²) in [4.78, 5) is 44.8. The smallest absolute Gasteiger partial charge is 0.274 e. The van der Waals surface area contributed by atoms with Crippen LogP contribution in [-0.4, -0.2) is 88.0 Å². The lowest BCUT2D eigenvalue weighted by Crippen LogP contribution is -2.39. The number of benzene rings is 1. The molecular weight excluding hydrogens is 468 g/mol. The van der Waals surface area contributed by atoms with Gasteiger partial charge in [-0.2, -0.15) is 5.10 Å². The molecule has 4 rings (SSSR count). The molecule has 2 aliphatic heterocycles. The molecule has 0 bridgehead atoms. The summed E-state index contributed by atoms with van der Waals surface area (Å²) in [5.41, 5.74) is 2.97. The maximum absolute atomic E-state index is 13.3. The van der Waals surface area contributed by atoms with E-state index < -0.39 is 0 Å². The van der Waals surface area contributed by atoms with Gasteiger partial charge >= 0.3 is 0 Å². The Balaban J connectivity index is 1.32. The van der Waals surface area contributed by atoms with Gasteiger partial charge in [0, 0.05) is 58.3 Å². The Morgan fingerprint density at radius 2 is 1.84 bits per heavy atom. The second-order valence-electron chi connectivity index (χ2n) is 10.0.